The minimum atomic E-state index is 0.624. The van der Waals surface area contributed by atoms with Gasteiger partial charge in [-0.15, -0.1) is 0 Å². The molecule has 2 aliphatic rings. The standard InChI is InChI=1S/C19H29N/c1-15(2)19(12-13-19)14-20-18-11-7-6-10-17(18)16-8-4-3-5-9-16/h3-5,8-9,15,17-18,20H,6-7,10-14H2,1-2H3. The molecule has 2 saturated carbocycles. The maximum atomic E-state index is 3.95. The molecule has 0 bridgehead atoms. The van der Waals surface area contributed by atoms with Crippen molar-refractivity contribution in [2.75, 3.05) is 6.54 Å². The van der Waals surface area contributed by atoms with Crippen molar-refractivity contribution in [2.45, 2.75) is 64.3 Å². The molecular formula is C19H29N. The molecule has 2 fully saturated rings. The van der Waals surface area contributed by atoms with Crippen LogP contribution in [0.15, 0.2) is 30.3 Å². The van der Waals surface area contributed by atoms with Crippen LogP contribution in [0.2, 0.25) is 0 Å². The minimum Gasteiger partial charge on any atom is -0.313 e. The first-order valence-electron chi connectivity index (χ1n) is 8.50. The molecule has 0 saturated heterocycles. The van der Waals surface area contributed by atoms with E-state index in [0.717, 1.165) is 11.8 Å². The molecule has 0 spiro atoms. The zero-order valence-corrected chi connectivity index (χ0v) is 13.1. The smallest absolute Gasteiger partial charge is 0.0136 e. The van der Waals surface area contributed by atoms with Crippen molar-refractivity contribution < 1.29 is 0 Å². The van der Waals surface area contributed by atoms with Gasteiger partial charge in [-0.1, -0.05) is 57.0 Å². The molecule has 2 aliphatic carbocycles. The van der Waals surface area contributed by atoms with E-state index in [4.69, 9.17) is 0 Å². The van der Waals surface area contributed by atoms with Crippen LogP contribution in [-0.4, -0.2) is 12.6 Å². The van der Waals surface area contributed by atoms with Crippen molar-refractivity contribution in [2.24, 2.45) is 11.3 Å². The van der Waals surface area contributed by atoms with Crippen molar-refractivity contribution in [3.63, 3.8) is 0 Å². The molecular weight excluding hydrogens is 242 g/mol. The normalized spacial score (nSPS) is 28.6. The first-order chi connectivity index (χ1) is 9.71. The molecule has 0 aromatic heterocycles. The van der Waals surface area contributed by atoms with Gasteiger partial charge < -0.3 is 5.32 Å². The van der Waals surface area contributed by atoms with Crippen LogP contribution >= 0.6 is 0 Å². The summed E-state index contributed by atoms with van der Waals surface area (Å²) < 4.78 is 0. The SMILES string of the molecule is CC(C)C1(CNC2CCCCC2c2ccccc2)CC1. The molecule has 0 amide bonds. The maximum Gasteiger partial charge on any atom is 0.0136 e. The molecule has 2 atom stereocenters. The molecule has 0 radical (unpaired) electrons. The second kappa shape index (κ2) is 5.89. The van der Waals surface area contributed by atoms with E-state index in [1.165, 1.54) is 45.1 Å². The third kappa shape index (κ3) is 2.93. The molecule has 1 heteroatoms. The van der Waals surface area contributed by atoms with E-state index < -0.39 is 0 Å². The summed E-state index contributed by atoms with van der Waals surface area (Å²) in [6.45, 7) is 6.02. The Kier molecular flexibility index (Phi) is 4.16. The number of benzene rings is 1. The van der Waals surface area contributed by atoms with Gasteiger partial charge in [-0.2, -0.15) is 0 Å². The average molecular weight is 271 g/mol. The van der Waals surface area contributed by atoms with Gasteiger partial charge in [0.25, 0.3) is 0 Å². The summed E-state index contributed by atoms with van der Waals surface area (Å²) in [6, 6.07) is 11.9. The van der Waals surface area contributed by atoms with E-state index in [9.17, 15) is 0 Å². The summed E-state index contributed by atoms with van der Waals surface area (Å²) in [6.07, 6.45) is 8.37. The monoisotopic (exact) mass is 271 g/mol. The van der Waals surface area contributed by atoms with Crippen molar-refractivity contribution in [3.05, 3.63) is 35.9 Å². The number of hydrogen-bond donors (Lipinski definition) is 1. The van der Waals surface area contributed by atoms with E-state index in [0.29, 0.717) is 11.5 Å². The summed E-state index contributed by atoms with van der Waals surface area (Å²) in [5.41, 5.74) is 2.16. The van der Waals surface area contributed by atoms with Gasteiger partial charge in [-0.25, -0.2) is 0 Å². The highest BCUT2D eigenvalue weighted by atomic mass is 14.9. The zero-order chi connectivity index (χ0) is 14.0. The van der Waals surface area contributed by atoms with Crippen LogP contribution in [0.5, 0.6) is 0 Å². The van der Waals surface area contributed by atoms with Gasteiger partial charge in [-0.05, 0) is 48.5 Å². The molecule has 1 aromatic carbocycles. The molecule has 110 valence electrons. The lowest BCUT2D eigenvalue weighted by Crippen LogP contribution is -2.41. The van der Waals surface area contributed by atoms with E-state index >= 15 is 0 Å². The highest BCUT2D eigenvalue weighted by Crippen LogP contribution is 2.51. The van der Waals surface area contributed by atoms with Gasteiger partial charge in [0.15, 0.2) is 0 Å². The van der Waals surface area contributed by atoms with Crippen LogP contribution in [0.4, 0.5) is 0 Å². The summed E-state index contributed by atoms with van der Waals surface area (Å²) >= 11 is 0. The van der Waals surface area contributed by atoms with Crippen LogP contribution in [0.25, 0.3) is 0 Å². The van der Waals surface area contributed by atoms with E-state index in [1.54, 1.807) is 5.56 Å². The average Bonchev–Trinajstić information content (AvgIpc) is 3.28. The van der Waals surface area contributed by atoms with Crippen molar-refractivity contribution in [1.82, 2.24) is 5.32 Å². The number of nitrogens with one attached hydrogen (secondary N) is 1. The van der Waals surface area contributed by atoms with Gasteiger partial charge in [0.2, 0.25) is 0 Å². The van der Waals surface area contributed by atoms with Gasteiger partial charge in [0, 0.05) is 12.6 Å². The lowest BCUT2D eigenvalue weighted by molar-refractivity contribution is 0.271. The Morgan fingerprint density at radius 2 is 1.80 bits per heavy atom. The Morgan fingerprint density at radius 1 is 1.10 bits per heavy atom. The number of rotatable bonds is 5. The predicted molar refractivity (Wildman–Crippen MR) is 85.9 cm³/mol. The van der Waals surface area contributed by atoms with Gasteiger partial charge in [0.05, 0.1) is 0 Å². The van der Waals surface area contributed by atoms with E-state index in [-0.39, 0.29) is 0 Å². The van der Waals surface area contributed by atoms with Gasteiger partial charge in [-0.3, -0.25) is 0 Å². The maximum absolute atomic E-state index is 3.95. The molecule has 1 aromatic rings. The summed E-state index contributed by atoms with van der Waals surface area (Å²) in [4.78, 5) is 0. The largest absolute Gasteiger partial charge is 0.313 e. The van der Waals surface area contributed by atoms with Crippen LogP contribution < -0.4 is 5.32 Å². The quantitative estimate of drug-likeness (QED) is 0.815. The van der Waals surface area contributed by atoms with Gasteiger partial charge in [0.1, 0.15) is 0 Å². The molecule has 0 heterocycles. The topological polar surface area (TPSA) is 12.0 Å². The molecule has 3 rings (SSSR count). The Balaban J connectivity index is 1.64. The highest BCUT2D eigenvalue weighted by molar-refractivity contribution is 5.22. The first-order valence-corrected chi connectivity index (χ1v) is 8.50. The van der Waals surface area contributed by atoms with Crippen molar-refractivity contribution in [3.8, 4) is 0 Å². The van der Waals surface area contributed by atoms with Crippen LogP contribution in [-0.2, 0) is 0 Å². The summed E-state index contributed by atoms with van der Waals surface area (Å²) in [5, 5.41) is 3.95. The fourth-order valence-corrected chi connectivity index (χ4v) is 3.93. The van der Waals surface area contributed by atoms with E-state index in [2.05, 4.69) is 49.5 Å². The summed E-state index contributed by atoms with van der Waals surface area (Å²) in [5.74, 6) is 1.56. The van der Waals surface area contributed by atoms with Gasteiger partial charge >= 0.3 is 0 Å². The third-order valence-electron chi connectivity index (χ3n) is 5.83. The zero-order valence-electron chi connectivity index (χ0n) is 13.1. The van der Waals surface area contributed by atoms with Crippen LogP contribution in [0.3, 0.4) is 0 Å². The van der Waals surface area contributed by atoms with E-state index in [1.807, 2.05) is 0 Å². The molecule has 1 N–H and O–H groups in total. The Labute approximate surface area is 124 Å². The fraction of sp³-hybridized carbons (Fsp3) is 0.684. The Morgan fingerprint density at radius 3 is 2.45 bits per heavy atom. The minimum absolute atomic E-state index is 0.624. The Bertz CT molecular complexity index is 419. The second-order valence-corrected chi connectivity index (χ2v) is 7.31. The molecule has 20 heavy (non-hydrogen) atoms. The summed E-state index contributed by atoms with van der Waals surface area (Å²) in [7, 11) is 0. The predicted octanol–water partition coefficient (Wildman–Crippen LogP) is 4.74. The first kappa shape index (κ1) is 14.1. The fourth-order valence-electron chi connectivity index (χ4n) is 3.93. The van der Waals surface area contributed by atoms with Crippen LogP contribution in [0.1, 0.15) is 63.9 Å². The lowest BCUT2D eigenvalue weighted by atomic mass is 9.79. The van der Waals surface area contributed by atoms with Crippen molar-refractivity contribution >= 4 is 0 Å². The third-order valence-corrected chi connectivity index (χ3v) is 5.83. The lowest BCUT2D eigenvalue weighted by Gasteiger charge is -2.34. The molecule has 2 unspecified atom stereocenters. The second-order valence-electron chi connectivity index (χ2n) is 7.31. The Hall–Kier alpha value is -0.820. The molecule has 1 nitrogen and oxygen atoms in total. The molecule has 0 aliphatic heterocycles. The highest BCUT2D eigenvalue weighted by Gasteiger charge is 2.45. The van der Waals surface area contributed by atoms with Crippen LogP contribution in [0, 0.1) is 11.3 Å². The van der Waals surface area contributed by atoms with Crippen molar-refractivity contribution in [1.29, 1.82) is 0 Å². The number of hydrogen-bond acceptors (Lipinski definition) is 1.